The average molecular weight is 205 g/mol. The zero-order chi connectivity index (χ0) is 11.4. The molecule has 0 aromatic carbocycles. The lowest BCUT2D eigenvalue weighted by molar-refractivity contribution is 0.922. The highest BCUT2D eigenvalue weighted by Gasteiger charge is 2.04. The summed E-state index contributed by atoms with van der Waals surface area (Å²) < 4.78 is 2.10. The van der Waals surface area contributed by atoms with Crippen molar-refractivity contribution in [3.05, 3.63) is 29.2 Å². The smallest absolute Gasteiger partial charge is 0.161 e. The van der Waals surface area contributed by atoms with E-state index in [1.165, 1.54) is 11.3 Å². The van der Waals surface area contributed by atoms with Gasteiger partial charge in [0.2, 0.25) is 0 Å². The third-order valence-corrected chi connectivity index (χ3v) is 2.25. The molecule has 0 N–H and O–H groups in total. The number of nitrogens with zero attached hydrogens (tertiary/aromatic N) is 3. The molecule has 0 radical (unpaired) electrons. The maximum atomic E-state index is 4.10. The largest absolute Gasteiger partial charge is 0.284 e. The van der Waals surface area contributed by atoms with Crippen LogP contribution in [-0.4, -0.2) is 14.6 Å². The second-order valence-corrected chi connectivity index (χ2v) is 3.32. The first kappa shape index (κ1) is 11.7. The van der Waals surface area contributed by atoms with Crippen LogP contribution < -0.4 is 0 Å². The molecule has 2 aromatic heterocycles. The van der Waals surface area contributed by atoms with E-state index in [2.05, 4.69) is 40.6 Å². The minimum Gasteiger partial charge on any atom is -0.284 e. The van der Waals surface area contributed by atoms with E-state index < -0.39 is 0 Å². The second-order valence-electron chi connectivity index (χ2n) is 3.32. The minimum absolute atomic E-state index is 0.953. The molecule has 0 aliphatic heterocycles. The van der Waals surface area contributed by atoms with Gasteiger partial charge in [-0.2, -0.15) is 0 Å². The molecule has 0 saturated carbocycles. The van der Waals surface area contributed by atoms with Crippen LogP contribution in [0.25, 0.3) is 5.65 Å². The van der Waals surface area contributed by atoms with Crippen LogP contribution in [0.5, 0.6) is 0 Å². The summed E-state index contributed by atoms with van der Waals surface area (Å²) in [5.74, 6) is 0.965. The van der Waals surface area contributed by atoms with E-state index in [1.807, 2.05) is 20.8 Å². The molecule has 0 aliphatic rings. The minimum atomic E-state index is 0.953. The molecule has 0 bridgehead atoms. The Balaban J connectivity index is 0.000000531. The standard InChI is InChI=1S/C10H13N3.C2H6/c1-4-9-5-7(2)6-10-12-11-8(3)13(9)10;1-2/h5-6H,4H2,1-3H3;1-2H3. The lowest BCUT2D eigenvalue weighted by atomic mass is 10.2. The molecule has 2 aromatic rings. The summed E-state index contributed by atoms with van der Waals surface area (Å²) in [4.78, 5) is 0. The first-order valence-corrected chi connectivity index (χ1v) is 5.53. The summed E-state index contributed by atoms with van der Waals surface area (Å²) in [7, 11) is 0. The van der Waals surface area contributed by atoms with Crippen molar-refractivity contribution in [1.29, 1.82) is 0 Å². The molecular weight excluding hydrogens is 186 g/mol. The van der Waals surface area contributed by atoms with Crippen LogP contribution in [0.2, 0.25) is 0 Å². The van der Waals surface area contributed by atoms with Gasteiger partial charge in [-0.1, -0.05) is 20.8 Å². The first-order valence-electron chi connectivity index (χ1n) is 5.53. The lowest BCUT2D eigenvalue weighted by Gasteiger charge is -2.04. The maximum Gasteiger partial charge on any atom is 0.161 e. The van der Waals surface area contributed by atoms with Crippen LogP contribution >= 0.6 is 0 Å². The zero-order valence-electron chi connectivity index (χ0n) is 10.2. The van der Waals surface area contributed by atoms with Gasteiger partial charge in [0.1, 0.15) is 5.82 Å². The SMILES string of the molecule is CC.CCc1cc(C)cc2nnc(C)n12. The molecule has 2 heterocycles. The number of pyridine rings is 1. The van der Waals surface area contributed by atoms with Gasteiger partial charge in [0.15, 0.2) is 5.65 Å². The van der Waals surface area contributed by atoms with Crippen molar-refractivity contribution in [3.63, 3.8) is 0 Å². The number of hydrogen-bond acceptors (Lipinski definition) is 2. The van der Waals surface area contributed by atoms with E-state index in [0.29, 0.717) is 0 Å². The maximum absolute atomic E-state index is 4.10. The highest BCUT2D eigenvalue weighted by atomic mass is 15.2. The Labute approximate surface area is 91.2 Å². The van der Waals surface area contributed by atoms with Crippen LogP contribution in [0.15, 0.2) is 12.1 Å². The molecule has 3 heteroatoms. The predicted molar refractivity (Wildman–Crippen MR) is 63.2 cm³/mol. The third-order valence-electron chi connectivity index (χ3n) is 2.25. The molecule has 3 nitrogen and oxygen atoms in total. The quantitative estimate of drug-likeness (QED) is 0.716. The van der Waals surface area contributed by atoms with Gasteiger partial charge in [0.05, 0.1) is 0 Å². The van der Waals surface area contributed by atoms with E-state index >= 15 is 0 Å². The molecule has 2 rings (SSSR count). The highest BCUT2D eigenvalue weighted by molar-refractivity contribution is 5.43. The molecule has 0 atom stereocenters. The number of fused-ring (bicyclic) bond motifs is 1. The monoisotopic (exact) mass is 205 g/mol. The van der Waals surface area contributed by atoms with Crippen molar-refractivity contribution >= 4 is 5.65 Å². The van der Waals surface area contributed by atoms with Crippen molar-refractivity contribution in [1.82, 2.24) is 14.6 Å². The van der Waals surface area contributed by atoms with Crippen LogP contribution in [0.3, 0.4) is 0 Å². The zero-order valence-corrected chi connectivity index (χ0v) is 10.2. The van der Waals surface area contributed by atoms with Crippen molar-refractivity contribution < 1.29 is 0 Å². The van der Waals surface area contributed by atoms with Crippen LogP contribution in [0.1, 0.15) is 37.9 Å². The third kappa shape index (κ3) is 2.17. The van der Waals surface area contributed by atoms with Gasteiger partial charge < -0.3 is 0 Å². The van der Waals surface area contributed by atoms with E-state index in [4.69, 9.17) is 0 Å². The number of aromatic nitrogens is 3. The molecule has 0 spiro atoms. The number of hydrogen-bond donors (Lipinski definition) is 0. The lowest BCUT2D eigenvalue weighted by Crippen LogP contribution is -1.98. The van der Waals surface area contributed by atoms with Gasteiger partial charge >= 0.3 is 0 Å². The summed E-state index contributed by atoms with van der Waals surface area (Å²) in [6.45, 7) is 10.2. The number of aryl methyl sites for hydroxylation is 3. The fourth-order valence-electron chi connectivity index (χ4n) is 1.66. The van der Waals surface area contributed by atoms with Gasteiger partial charge in [-0.15, -0.1) is 10.2 Å². The molecular formula is C12H19N3. The molecule has 0 saturated heterocycles. The second kappa shape index (κ2) is 4.91. The van der Waals surface area contributed by atoms with Gasteiger partial charge in [-0.25, -0.2) is 0 Å². The van der Waals surface area contributed by atoms with E-state index in [0.717, 1.165) is 17.9 Å². The molecule has 0 fully saturated rings. The van der Waals surface area contributed by atoms with Crippen LogP contribution in [0.4, 0.5) is 0 Å². The van der Waals surface area contributed by atoms with E-state index in [9.17, 15) is 0 Å². The van der Waals surface area contributed by atoms with Crippen LogP contribution in [0, 0.1) is 13.8 Å². The van der Waals surface area contributed by atoms with Crippen molar-refractivity contribution in [2.45, 2.75) is 41.0 Å². The van der Waals surface area contributed by atoms with Gasteiger partial charge in [-0.3, -0.25) is 4.40 Å². The molecule has 0 aliphatic carbocycles. The van der Waals surface area contributed by atoms with Gasteiger partial charge in [0.25, 0.3) is 0 Å². The highest BCUT2D eigenvalue weighted by Crippen LogP contribution is 2.11. The summed E-state index contributed by atoms with van der Waals surface area (Å²) >= 11 is 0. The number of rotatable bonds is 1. The fourth-order valence-corrected chi connectivity index (χ4v) is 1.66. The predicted octanol–water partition coefficient (Wildman–Crippen LogP) is 2.93. The summed E-state index contributed by atoms with van der Waals surface area (Å²) in [5, 5.41) is 8.16. The molecule has 15 heavy (non-hydrogen) atoms. The Morgan fingerprint density at radius 3 is 2.40 bits per heavy atom. The summed E-state index contributed by atoms with van der Waals surface area (Å²) in [6.07, 6.45) is 1.01. The van der Waals surface area contributed by atoms with E-state index in [1.54, 1.807) is 0 Å². The summed E-state index contributed by atoms with van der Waals surface area (Å²) in [6, 6.07) is 4.24. The Hall–Kier alpha value is -1.38. The molecule has 82 valence electrons. The average Bonchev–Trinajstić information content (AvgIpc) is 2.62. The van der Waals surface area contributed by atoms with Gasteiger partial charge in [0, 0.05) is 5.69 Å². The fraction of sp³-hybridized carbons (Fsp3) is 0.500. The Bertz CT molecular complexity index is 443. The normalized spacial score (nSPS) is 9.93. The van der Waals surface area contributed by atoms with Crippen molar-refractivity contribution in [2.75, 3.05) is 0 Å². The van der Waals surface area contributed by atoms with Crippen molar-refractivity contribution in [2.24, 2.45) is 0 Å². The molecule has 0 unspecified atom stereocenters. The Morgan fingerprint density at radius 1 is 1.13 bits per heavy atom. The Morgan fingerprint density at radius 2 is 1.80 bits per heavy atom. The Kier molecular flexibility index (Phi) is 3.83. The van der Waals surface area contributed by atoms with Crippen LogP contribution in [-0.2, 0) is 6.42 Å². The van der Waals surface area contributed by atoms with Gasteiger partial charge in [-0.05, 0) is 38.0 Å². The topological polar surface area (TPSA) is 30.2 Å². The molecule has 0 amide bonds. The van der Waals surface area contributed by atoms with E-state index in [-0.39, 0.29) is 0 Å². The summed E-state index contributed by atoms with van der Waals surface area (Å²) in [5.41, 5.74) is 3.48. The van der Waals surface area contributed by atoms with Crippen molar-refractivity contribution in [3.8, 4) is 0 Å². The first-order chi connectivity index (χ1) is 7.22.